The van der Waals surface area contributed by atoms with Crippen molar-refractivity contribution in [1.29, 1.82) is 5.26 Å². The van der Waals surface area contributed by atoms with E-state index in [1.54, 1.807) is 28.8 Å². The molecule has 38 heavy (non-hydrogen) atoms. The zero-order chi connectivity index (χ0) is 28.1. The molecule has 12 heteroatoms. The Bertz CT molecular complexity index is 1360. The van der Waals surface area contributed by atoms with E-state index in [0.29, 0.717) is 41.2 Å². The highest BCUT2D eigenvalue weighted by Crippen LogP contribution is 2.27. The van der Waals surface area contributed by atoms with Gasteiger partial charge in [-0.3, -0.25) is 9.78 Å². The van der Waals surface area contributed by atoms with Crippen LogP contribution in [0.25, 0.3) is 16.9 Å². The lowest BCUT2D eigenvalue weighted by Gasteiger charge is -2.26. The van der Waals surface area contributed by atoms with Gasteiger partial charge in [0.1, 0.15) is 12.2 Å². The summed E-state index contributed by atoms with van der Waals surface area (Å²) < 4.78 is 20.5. The predicted molar refractivity (Wildman–Crippen MR) is 139 cm³/mol. The van der Waals surface area contributed by atoms with Crippen LogP contribution in [0.15, 0.2) is 36.7 Å². The fourth-order valence-electron chi connectivity index (χ4n) is 3.48. The number of methoxy groups -OCH3 is 1. The van der Waals surface area contributed by atoms with E-state index in [1.807, 2.05) is 13.8 Å². The molecule has 0 aliphatic carbocycles. The molecule has 0 aliphatic rings. The van der Waals surface area contributed by atoms with E-state index in [-0.39, 0.29) is 12.1 Å². The number of carbonyl (C=O) groups is 2. The predicted octanol–water partition coefficient (Wildman–Crippen LogP) is 2.90. The molecule has 0 unspecified atom stereocenters. The van der Waals surface area contributed by atoms with E-state index in [0.717, 1.165) is 0 Å². The number of nitrogens with one attached hydrogen (secondary N) is 3. The number of hydrogen-bond acceptors (Lipinski definition) is 8. The fourth-order valence-corrected chi connectivity index (χ4v) is 3.48. The SMILES string of the molecule is COC(=O)NCC(C)(C)CNc1cc(-c2ccc3cc(C#N)cnn23)ncc1C(=O)NC[C@@H](F)C(C)(C)O. The molecule has 0 saturated heterocycles. The zero-order valence-electron chi connectivity index (χ0n) is 22.0. The van der Waals surface area contributed by atoms with Gasteiger partial charge in [0.25, 0.3) is 5.91 Å². The highest BCUT2D eigenvalue weighted by Gasteiger charge is 2.28. The third-order valence-corrected chi connectivity index (χ3v) is 5.90. The van der Waals surface area contributed by atoms with Crippen LogP contribution >= 0.6 is 0 Å². The van der Waals surface area contributed by atoms with Gasteiger partial charge in [0.15, 0.2) is 0 Å². The van der Waals surface area contributed by atoms with E-state index in [2.05, 4.69) is 36.8 Å². The van der Waals surface area contributed by atoms with Crippen molar-refractivity contribution < 1.29 is 23.8 Å². The van der Waals surface area contributed by atoms with Gasteiger partial charge in [-0.15, -0.1) is 0 Å². The molecule has 11 nitrogen and oxygen atoms in total. The Kier molecular flexibility index (Phi) is 8.53. The van der Waals surface area contributed by atoms with Crippen molar-refractivity contribution in [2.24, 2.45) is 5.41 Å². The van der Waals surface area contributed by atoms with Crippen molar-refractivity contribution in [1.82, 2.24) is 25.2 Å². The molecule has 0 radical (unpaired) electrons. The van der Waals surface area contributed by atoms with Crippen LogP contribution in [-0.4, -0.2) is 70.2 Å². The molecule has 0 aliphatic heterocycles. The van der Waals surface area contributed by atoms with Crippen LogP contribution in [0.4, 0.5) is 14.9 Å². The second-order valence-corrected chi connectivity index (χ2v) is 10.2. The number of nitriles is 1. The van der Waals surface area contributed by atoms with Crippen molar-refractivity contribution in [3.05, 3.63) is 47.8 Å². The maximum atomic E-state index is 14.3. The minimum Gasteiger partial charge on any atom is -0.453 e. The molecule has 3 rings (SSSR count). The van der Waals surface area contributed by atoms with Gasteiger partial charge in [-0.2, -0.15) is 10.4 Å². The van der Waals surface area contributed by atoms with E-state index in [9.17, 15) is 19.1 Å². The van der Waals surface area contributed by atoms with E-state index in [1.165, 1.54) is 33.4 Å². The van der Waals surface area contributed by atoms with Gasteiger partial charge in [-0.05, 0) is 43.5 Å². The first-order chi connectivity index (χ1) is 17.8. The molecule has 202 valence electrons. The highest BCUT2D eigenvalue weighted by atomic mass is 19.1. The first-order valence-electron chi connectivity index (χ1n) is 11.9. The number of aliphatic hydroxyl groups is 1. The van der Waals surface area contributed by atoms with Crippen LogP contribution in [0.3, 0.4) is 0 Å². The fraction of sp³-hybridized carbons (Fsp3) is 0.423. The summed E-state index contributed by atoms with van der Waals surface area (Å²) in [5, 5.41) is 31.7. The Morgan fingerprint density at radius 1 is 1.18 bits per heavy atom. The lowest BCUT2D eigenvalue weighted by atomic mass is 9.93. The molecule has 0 spiro atoms. The van der Waals surface area contributed by atoms with E-state index < -0.39 is 29.2 Å². The topological polar surface area (TPSA) is 154 Å². The summed E-state index contributed by atoms with van der Waals surface area (Å²) in [6.07, 6.45) is 0.608. The minimum absolute atomic E-state index is 0.175. The van der Waals surface area contributed by atoms with Crippen LogP contribution in [0.5, 0.6) is 0 Å². The molecular formula is C26H32FN7O4. The summed E-state index contributed by atoms with van der Waals surface area (Å²) in [5.41, 5.74) is 0.824. The molecular weight excluding hydrogens is 493 g/mol. The summed E-state index contributed by atoms with van der Waals surface area (Å²) in [6.45, 7) is 6.77. The summed E-state index contributed by atoms with van der Waals surface area (Å²) in [6, 6.07) is 9.04. The molecule has 0 fully saturated rings. The Morgan fingerprint density at radius 3 is 2.58 bits per heavy atom. The van der Waals surface area contributed by atoms with Crippen molar-refractivity contribution in [3.63, 3.8) is 0 Å². The lowest BCUT2D eigenvalue weighted by Crippen LogP contribution is -2.42. The summed E-state index contributed by atoms with van der Waals surface area (Å²) >= 11 is 0. The van der Waals surface area contributed by atoms with Gasteiger partial charge in [0.05, 0.1) is 59.2 Å². The van der Waals surface area contributed by atoms with Gasteiger partial charge in [-0.1, -0.05) is 13.8 Å². The molecule has 4 N–H and O–H groups in total. The Hall–Kier alpha value is -4.24. The molecule has 2 amide bonds. The number of ether oxygens (including phenoxy) is 1. The number of hydrogen-bond donors (Lipinski definition) is 4. The molecule has 0 saturated carbocycles. The highest BCUT2D eigenvalue weighted by molar-refractivity contribution is 6.00. The van der Waals surface area contributed by atoms with E-state index >= 15 is 0 Å². The minimum atomic E-state index is -1.67. The number of carbonyl (C=O) groups excluding carboxylic acids is 2. The Balaban J connectivity index is 1.92. The number of fused-ring (bicyclic) bond motifs is 1. The molecule has 3 heterocycles. The first-order valence-corrected chi connectivity index (χ1v) is 11.9. The number of pyridine rings is 1. The number of aromatic nitrogens is 3. The Labute approximate surface area is 220 Å². The van der Waals surface area contributed by atoms with Gasteiger partial charge in [0.2, 0.25) is 0 Å². The van der Waals surface area contributed by atoms with Crippen LogP contribution in [0.2, 0.25) is 0 Å². The molecule has 0 aromatic carbocycles. The second-order valence-electron chi connectivity index (χ2n) is 10.2. The summed E-state index contributed by atoms with van der Waals surface area (Å²) in [7, 11) is 1.28. The van der Waals surface area contributed by atoms with Crippen LogP contribution in [-0.2, 0) is 4.74 Å². The third-order valence-electron chi connectivity index (χ3n) is 5.90. The monoisotopic (exact) mass is 525 g/mol. The zero-order valence-corrected chi connectivity index (χ0v) is 22.0. The smallest absolute Gasteiger partial charge is 0.406 e. The van der Waals surface area contributed by atoms with Gasteiger partial charge in [-0.25, -0.2) is 13.7 Å². The molecule has 1 atom stereocenters. The molecule has 3 aromatic heterocycles. The van der Waals surface area contributed by atoms with Crippen molar-refractivity contribution in [2.75, 3.05) is 32.1 Å². The lowest BCUT2D eigenvalue weighted by molar-refractivity contribution is -0.00177. The molecule has 0 bridgehead atoms. The maximum absolute atomic E-state index is 14.3. The number of alkyl carbamates (subject to hydrolysis) is 1. The van der Waals surface area contributed by atoms with Crippen molar-refractivity contribution in [3.8, 4) is 17.5 Å². The number of rotatable bonds is 10. The number of alkyl halides is 1. The summed E-state index contributed by atoms with van der Waals surface area (Å²) in [4.78, 5) is 28.9. The van der Waals surface area contributed by atoms with Gasteiger partial charge < -0.3 is 25.8 Å². The van der Waals surface area contributed by atoms with E-state index in [4.69, 9.17) is 5.26 Å². The normalized spacial score (nSPS) is 12.5. The van der Waals surface area contributed by atoms with Crippen LogP contribution in [0.1, 0.15) is 43.6 Å². The number of amides is 2. The first kappa shape index (κ1) is 28.3. The number of nitrogens with zero attached hydrogens (tertiary/aromatic N) is 4. The standard InChI is InChI=1S/C26H32FN7O4/c1-25(2,15-32-24(36)38-5)14-31-19-9-20(21-7-6-17-8-16(10-28)11-33-34(17)21)29-12-18(19)23(35)30-13-22(27)26(3,4)37/h6-9,11-12,22,37H,13-15H2,1-5H3,(H,29,31)(H,30,35)(H,32,36)/t22-/m1/s1. The second kappa shape index (κ2) is 11.4. The van der Waals surface area contributed by atoms with Crippen LogP contribution < -0.4 is 16.0 Å². The van der Waals surface area contributed by atoms with Gasteiger partial charge >= 0.3 is 6.09 Å². The maximum Gasteiger partial charge on any atom is 0.406 e. The van der Waals surface area contributed by atoms with Crippen molar-refractivity contribution >= 4 is 23.2 Å². The molecule has 3 aromatic rings. The van der Waals surface area contributed by atoms with Crippen molar-refractivity contribution in [2.45, 2.75) is 39.5 Å². The van der Waals surface area contributed by atoms with Gasteiger partial charge in [0, 0.05) is 19.3 Å². The largest absolute Gasteiger partial charge is 0.453 e. The average Bonchev–Trinajstić information content (AvgIpc) is 3.31. The van der Waals surface area contributed by atoms with Crippen LogP contribution in [0, 0.1) is 16.7 Å². The number of halogens is 1. The summed E-state index contributed by atoms with van der Waals surface area (Å²) in [5.74, 6) is -0.569. The average molecular weight is 526 g/mol. The quantitative estimate of drug-likeness (QED) is 0.315. The Morgan fingerprint density at radius 2 is 1.92 bits per heavy atom. The third kappa shape index (κ3) is 6.95. The number of anilines is 1.